The summed E-state index contributed by atoms with van der Waals surface area (Å²) in [6, 6.07) is 9.33. The first kappa shape index (κ1) is 9.84. The third-order valence-corrected chi connectivity index (χ3v) is 2.69. The van der Waals surface area contributed by atoms with Gasteiger partial charge in [-0.25, -0.2) is 0 Å². The Balaban J connectivity index is 2.30. The summed E-state index contributed by atoms with van der Waals surface area (Å²) in [5, 5.41) is 2.89. The molecule has 0 saturated carbocycles. The van der Waals surface area contributed by atoms with Gasteiger partial charge in [0.05, 0.1) is 11.1 Å². The average Bonchev–Trinajstić information content (AvgIpc) is 2.73. The van der Waals surface area contributed by atoms with Crippen molar-refractivity contribution >= 4 is 11.0 Å². The van der Waals surface area contributed by atoms with Crippen LogP contribution in [0.4, 0.5) is 0 Å². The van der Waals surface area contributed by atoms with E-state index in [1.807, 2.05) is 31.2 Å². The van der Waals surface area contributed by atoms with Crippen LogP contribution in [-0.2, 0) is 0 Å². The second kappa shape index (κ2) is 3.59. The molecule has 3 rings (SSSR count). The molecule has 0 aliphatic heterocycles. The van der Waals surface area contributed by atoms with Gasteiger partial charge in [-0.05, 0) is 30.7 Å². The van der Waals surface area contributed by atoms with Crippen LogP contribution >= 0.6 is 0 Å². The molecular formula is C13H10N2O2. The van der Waals surface area contributed by atoms with Crippen molar-refractivity contribution in [3.05, 3.63) is 52.4 Å². The molecule has 1 N–H and O–H groups in total. The average molecular weight is 226 g/mol. The summed E-state index contributed by atoms with van der Waals surface area (Å²) >= 11 is 0. The van der Waals surface area contributed by atoms with E-state index in [-0.39, 0.29) is 5.56 Å². The van der Waals surface area contributed by atoms with Gasteiger partial charge in [0.2, 0.25) is 0 Å². The van der Waals surface area contributed by atoms with Gasteiger partial charge in [0.15, 0.2) is 5.58 Å². The molecule has 0 aliphatic rings. The third kappa shape index (κ3) is 1.54. The fourth-order valence-corrected chi connectivity index (χ4v) is 1.81. The molecule has 0 aliphatic carbocycles. The molecule has 84 valence electrons. The van der Waals surface area contributed by atoms with Crippen LogP contribution in [0.3, 0.4) is 0 Å². The number of para-hydroxylation sites is 1. The monoisotopic (exact) mass is 226 g/mol. The van der Waals surface area contributed by atoms with Crippen molar-refractivity contribution in [3.8, 4) is 11.3 Å². The van der Waals surface area contributed by atoms with Crippen LogP contribution in [0.5, 0.6) is 0 Å². The van der Waals surface area contributed by atoms with Crippen LogP contribution in [0.25, 0.3) is 22.2 Å². The van der Waals surface area contributed by atoms with Gasteiger partial charge in [-0.2, -0.15) is 5.16 Å². The molecule has 4 nitrogen and oxygen atoms in total. The summed E-state index contributed by atoms with van der Waals surface area (Å²) < 4.78 is 5.19. The summed E-state index contributed by atoms with van der Waals surface area (Å²) in [7, 11) is 0. The summed E-state index contributed by atoms with van der Waals surface area (Å²) in [6.45, 7) is 1.98. The normalized spacial score (nSPS) is 10.9. The third-order valence-electron chi connectivity index (χ3n) is 2.69. The fraction of sp³-hybridized carbons (Fsp3) is 0.0769. The maximum absolute atomic E-state index is 11.4. The van der Waals surface area contributed by atoms with Gasteiger partial charge >= 0.3 is 0 Å². The molecule has 2 aromatic heterocycles. The first-order chi connectivity index (χ1) is 8.25. The van der Waals surface area contributed by atoms with E-state index in [1.54, 1.807) is 12.3 Å². The largest absolute Gasteiger partial charge is 0.378 e. The zero-order chi connectivity index (χ0) is 11.8. The lowest BCUT2D eigenvalue weighted by atomic mass is 10.1. The molecule has 0 amide bonds. The van der Waals surface area contributed by atoms with Crippen LogP contribution in [0.2, 0.25) is 0 Å². The SMILES string of the molecule is Cc1ccc(-c2cccc3c(=O)[nH]oc23)nc1. The zero-order valence-electron chi connectivity index (χ0n) is 9.23. The van der Waals surface area contributed by atoms with Crippen molar-refractivity contribution in [1.29, 1.82) is 0 Å². The van der Waals surface area contributed by atoms with Gasteiger partial charge < -0.3 is 4.52 Å². The lowest BCUT2D eigenvalue weighted by Crippen LogP contribution is -1.96. The number of aromatic nitrogens is 2. The van der Waals surface area contributed by atoms with Crippen molar-refractivity contribution in [1.82, 2.24) is 10.1 Å². The predicted octanol–water partition coefficient (Wildman–Crippen LogP) is 2.49. The van der Waals surface area contributed by atoms with Crippen LogP contribution in [0, 0.1) is 6.92 Å². The highest BCUT2D eigenvalue weighted by Crippen LogP contribution is 2.25. The predicted molar refractivity (Wildman–Crippen MR) is 64.8 cm³/mol. The minimum absolute atomic E-state index is 0.214. The minimum Gasteiger partial charge on any atom is -0.378 e. The molecular weight excluding hydrogens is 216 g/mol. The van der Waals surface area contributed by atoms with E-state index in [0.29, 0.717) is 11.0 Å². The molecule has 0 radical (unpaired) electrons. The molecule has 0 unspecified atom stereocenters. The Bertz CT molecular complexity index is 723. The molecule has 0 atom stereocenters. The van der Waals surface area contributed by atoms with E-state index in [9.17, 15) is 4.79 Å². The highest BCUT2D eigenvalue weighted by Gasteiger charge is 2.10. The topological polar surface area (TPSA) is 58.9 Å². The molecule has 17 heavy (non-hydrogen) atoms. The van der Waals surface area contributed by atoms with Crippen LogP contribution < -0.4 is 5.56 Å². The van der Waals surface area contributed by atoms with E-state index in [4.69, 9.17) is 4.52 Å². The molecule has 4 heteroatoms. The minimum atomic E-state index is -0.214. The van der Waals surface area contributed by atoms with Gasteiger partial charge in [0.25, 0.3) is 5.56 Å². The van der Waals surface area contributed by atoms with Gasteiger partial charge in [-0.1, -0.05) is 12.1 Å². The molecule has 0 bridgehead atoms. The van der Waals surface area contributed by atoms with Crippen molar-refractivity contribution in [3.63, 3.8) is 0 Å². The lowest BCUT2D eigenvalue weighted by molar-refractivity contribution is 0.449. The maximum Gasteiger partial charge on any atom is 0.287 e. The number of aromatic amines is 1. The Hall–Kier alpha value is -2.36. The zero-order valence-corrected chi connectivity index (χ0v) is 9.23. The summed E-state index contributed by atoms with van der Waals surface area (Å²) in [5.74, 6) is 0. The number of hydrogen-bond acceptors (Lipinski definition) is 3. The second-order valence-electron chi connectivity index (χ2n) is 3.94. The number of nitrogens with one attached hydrogen (secondary N) is 1. The first-order valence-corrected chi connectivity index (χ1v) is 5.29. The number of benzene rings is 1. The van der Waals surface area contributed by atoms with Gasteiger partial charge in [-0.3, -0.25) is 9.78 Å². The van der Waals surface area contributed by atoms with E-state index in [0.717, 1.165) is 16.8 Å². The summed E-state index contributed by atoms with van der Waals surface area (Å²) in [6.07, 6.45) is 1.79. The molecule has 0 fully saturated rings. The summed E-state index contributed by atoms with van der Waals surface area (Å²) in [4.78, 5) is 15.8. The van der Waals surface area contributed by atoms with Crippen LogP contribution in [0.15, 0.2) is 45.8 Å². The highest BCUT2D eigenvalue weighted by atomic mass is 16.5. The number of nitrogens with zero attached hydrogens (tertiary/aromatic N) is 1. The first-order valence-electron chi connectivity index (χ1n) is 5.29. The number of hydrogen-bond donors (Lipinski definition) is 1. The Morgan fingerprint density at radius 3 is 2.88 bits per heavy atom. The van der Waals surface area contributed by atoms with Crippen molar-refractivity contribution in [2.24, 2.45) is 0 Å². The number of pyridine rings is 1. The fourth-order valence-electron chi connectivity index (χ4n) is 1.81. The molecule has 3 aromatic rings. The molecule has 0 spiro atoms. The van der Waals surface area contributed by atoms with E-state index in [1.165, 1.54) is 0 Å². The van der Waals surface area contributed by atoms with Gasteiger partial charge in [0, 0.05) is 11.8 Å². The second-order valence-corrected chi connectivity index (χ2v) is 3.94. The van der Waals surface area contributed by atoms with Gasteiger partial charge in [0.1, 0.15) is 0 Å². The van der Waals surface area contributed by atoms with Crippen molar-refractivity contribution < 1.29 is 4.52 Å². The Morgan fingerprint density at radius 2 is 2.12 bits per heavy atom. The van der Waals surface area contributed by atoms with Crippen LogP contribution in [0.1, 0.15) is 5.56 Å². The molecule has 1 aromatic carbocycles. The smallest absolute Gasteiger partial charge is 0.287 e. The highest BCUT2D eigenvalue weighted by molar-refractivity contribution is 5.90. The van der Waals surface area contributed by atoms with E-state index >= 15 is 0 Å². The van der Waals surface area contributed by atoms with Crippen LogP contribution in [-0.4, -0.2) is 10.1 Å². The Labute approximate surface area is 96.9 Å². The number of aryl methyl sites for hydroxylation is 1. The lowest BCUT2D eigenvalue weighted by Gasteiger charge is -2.00. The number of fused-ring (bicyclic) bond motifs is 1. The molecule has 2 heterocycles. The standard InChI is InChI=1S/C13H10N2O2/c1-8-5-6-11(14-7-8)9-3-2-4-10-12(9)17-15-13(10)16/h2-7H,1H3,(H,15,16). The molecule has 0 saturated heterocycles. The number of rotatable bonds is 1. The van der Waals surface area contributed by atoms with E-state index < -0.39 is 0 Å². The van der Waals surface area contributed by atoms with E-state index in [2.05, 4.69) is 10.1 Å². The Kier molecular flexibility index (Phi) is 2.08. The number of H-pyrrole nitrogens is 1. The maximum atomic E-state index is 11.4. The van der Waals surface area contributed by atoms with Gasteiger partial charge in [-0.15, -0.1) is 0 Å². The Morgan fingerprint density at radius 1 is 1.24 bits per heavy atom. The summed E-state index contributed by atoms with van der Waals surface area (Å²) in [5.41, 5.74) is 3.05. The quantitative estimate of drug-likeness (QED) is 0.693. The van der Waals surface area contributed by atoms with Crippen molar-refractivity contribution in [2.75, 3.05) is 0 Å². The van der Waals surface area contributed by atoms with Crippen molar-refractivity contribution in [2.45, 2.75) is 6.92 Å².